The largest absolute Gasteiger partial charge is 0.340 e. The minimum Gasteiger partial charge on any atom is -0.340 e. The first kappa shape index (κ1) is 22.2. The monoisotopic (exact) mass is 491 g/mol. The number of piperazine rings is 1. The molecule has 2 amide bonds. The van der Waals surface area contributed by atoms with Gasteiger partial charge in [0.1, 0.15) is 0 Å². The third-order valence-electron chi connectivity index (χ3n) is 5.60. The Kier molecular flexibility index (Phi) is 7.35. The number of carbonyl (C=O) groups is 2. The van der Waals surface area contributed by atoms with Gasteiger partial charge in [-0.25, -0.2) is 0 Å². The van der Waals surface area contributed by atoms with Gasteiger partial charge in [-0.3, -0.25) is 14.5 Å². The van der Waals surface area contributed by atoms with E-state index in [4.69, 9.17) is 0 Å². The van der Waals surface area contributed by atoms with Gasteiger partial charge in [-0.2, -0.15) is 0 Å². The average molecular weight is 492 g/mol. The molecule has 3 aromatic rings. The van der Waals surface area contributed by atoms with E-state index in [0.717, 1.165) is 54.0 Å². The SMILES string of the molecule is O=C(Nc1cccc(Br)c1)c1cccc(CN2CCN(C(=O)Cc3ccccc3)CC2)c1. The first-order valence-corrected chi connectivity index (χ1v) is 11.6. The van der Waals surface area contributed by atoms with Gasteiger partial charge in [0, 0.05) is 48.4 Å². The highest BCUT2D eigenvalue weighted by Gasteiger charge is 2.21. The van der Waals surface area contributed by atoms with Gasteiger partial charge in [0.15, 0.2) is 0 Å². The first-order chi connectivity index (χ1) is 15.6. The molecule has 6 heteroatoms. The van der Waals surface area contributed by atoms with Crippen molar-refractivity contribution in [3.63, 3.8) is 0 Å². The summed E-state index contributed by atoms with van der Waals surface area (Å²) in [5.41, 5.74) is 3.54. The maximum absolute atomic E-state index is 12.7. The molecule has 4 rings (SSSR count). The summed E-state index contributed by atoms with van der Waals surface area (Å²) in [6.07, 6.45) is 0.454. The van der Waals surface area contributed by atoms with Gasteiger partial charge in [-0.05, 0) is 41.5 Å². The second kappa shape index (κ2) is 10.6. The van der Waals surface area contributed by atoms with Gasteiger partial charge in [0.05, 0.1) is 6.42 Å². The third-order valence-corrected chi connectivity index (χ3v) is 6.09. The minimum atomic E-state index is -0.124. The molecular weight excluding hydrogens is 466 g/mol. The Morgan fingerprint density at radius 2 is 1.53 bits per heavy atom. The second-order valence-corrected chi connectivity index (χ2v) is 8.90. The lowest BCUT2D eigenvalue weighted by molar-refractivity contribution is -0.132. The lowest BCUT2D eigenvalue weighted by Gasteiger charge is -2.35. The number of rotatable bonds is 6. The van der Waals surface area contributed by atoms with Gasteiger partial charge < -0.3 is 10.2 Å². The Morgan fingerprint density at radius 3 is 2.28 bits per heavy atom. The van der Waals surface area contributed by atoms with Crippen molar-refractivity contribution in [2.24, 2.45) is 0 Å². The minimum absolute atomic E-state index is 0.124. The summed E-state index contributed by atoms with van der Waals surface area (Å²) < 4.78 is 0.922. The number of hydrogen-bond acceptors (Lipinski definition) is 3. The molecule has 1 N–H and O–H groups in total. The number of amides is 2. The van der Waals surface area contributed by atoms with Crippen molar-refractivity contribution in [1.82, 2.24) is 9.80 Å². The fourth-order valence-electron chi connectivity index (χ4n) is 3.88. The molecule has 0 bridgehead atoms. The van der Waals surface area contributed by atoms with Gasteiger partial charge in [-0.15, -0.1) is 0 Å². The maximum Gasteiger partial charge on any atom is 0.255 e. The lowest BCUT2D eigenvalue weighted by atomic mass is 10.1. The molecule has 32 heavy (non-hydrogen) atoms. The highest BCUT2D eigenvalue weighted by molar-refractivity contribution is 9.10. The molecule has 1 aliphatic rings. The Morgan fingerprint density at radius 1 is 0.812 bits per heavy atom. The van der Waals surface area contributed by atoms with Crippen molar-refractivity contribution >= 4 is 33.4 Å². The van der Waals surface area contributed by atoms with E-state index >= 15 is 0 Å². The number of nitrogens with zero attached hydrogens (tertiary/aromatic N) is 2. The number of anilines is 1. The van der Waals surface area contributed by atoms with Crippen LogP contribution in [-0.4, -0.2) is 47.8 Å². The van der Waals surface area contributed by atoms with Crippen LogP contribution in [0.25, 0.3) is 0 Å². The molecular formula is C26H26BrN3O2. The van der Waals surface area contributed by atoms with E-state index in [0.29, 0.717) is 12.0 Å². The predicted octanol–water partition coefficient (Wildman–Crippen LogP) is 4.59. The van der Waals surface area contributed by atoms with Crippen molar-refractivity contribution < 1.29 is 9.59 Å². The maximum atomic E-state index is 12.7. The van der Waals surface area contributed by atoms with E-state index in [-0.39, 0.29) is 11.8 Å². The van der Waals surface area contributed by atoms with Gasteiger partial charge in [0.25, 0.3) is 5.91 Å². The molecule has 3 aromatic carbocycles. The summed E-state index contributed by atoms with van der Waals surface area (Å²) in [7, 11) is 0. The van der Waals surface area contributed by atoms with E-state index in [2.05, 4.69) is 26.1 Å². The molecule has 1 heterocycles. The van der Waals surface area contributed by atoms with E-state index < -0.39 is 0 Å². The fourth-order valence-corrected chi connectivity index (χ4v) is 4.28. The molecule has 1 saturated heterocycles. The second-order valence-electron chi connectivity index (χ2n) is 7.98. The highest BCUT2D eigenvalue weighted by atomic mass is 79.9. The molecule has 1 fully saturated rings. The normalized spacial score (nSPS) is 14.2. The van der Waals surface area contributed by atoms with Crippen molar-refractivity contribution in [2.75, 3.05) is 31.5 Å². The van der Waals surface area contributed by atoms with Gasteiger partial charge in [-0.1, -0.05) is 64.5 Å². The molecule has 1 aliphatic heterocycles. The molecule has 0 saturated carbocycles. The van der Waals surface area contributed by atoms with Crippen LogP contribution in [0.5, 0.6) is 0 Å². The lowest BCUT2D eigenvalue weighted by Crippen LogP contribution is -2.48. The average Bonchev–Trinajstić information content (AvgIpc) is 2.80. The third kappa shape index (κ3) is 6.05. The molecule has 0 aromatic heterocycles. The zero-order valence-electron chi connectivity index (χ0n) is 17.8. The van der Waals surface area contributed by atoms with Crippen LogP contribution >= 0.6 is 15.9 Å². The topological polar surface area (TPSA) is 52.7 Å². The number of nitrogens with one attached hydrogen (secondary N) is 1. The number of benzene rings is 3. The Balaban J connectivity index is 1.29. The predicted molar refractivity (Wildman–Crippen MR) is 131 cm³/mol. The van der Waals surface area contributed by atoms with E-state index in [1.54, 1.807) is 0 Å². The summed E-state index contributed by atoms with van der Waals surface area (Å²) >= 11 is 3.42. The van der Waals surface area contributed by atoms with E-state index in [1.807, 2.05) is 83.8 Å². The van der Waals surface area contributed by atoms with Crippen LogP contribution in [0.4, 0.5) is 5.69 Å². The molecule has 5 nitrogen and oxygen atoms in total. The van der Waals surface area contributed by atoms with Crippen LogP contribution < -0.4 is 5.32 Å². The van der Waals surface area contributed by atoms with Gasteiger partial charge >= 0.3 is 0 Å². The summed E-state index contributed by atoms with van der Waals surface area (Å²) in [5.74, 6) is 0.0587. The van der Waals surface area contributed by atoms with Crippen molar-refractivity contribution in [3.8, 4) is 0 Å². The van der Waals surface area contributed by atoms with Crippen LogP contribution in [0.1, 0.15) is 21.5 Å². The summed E-state index contributed by atoms with van der Waals surface area (Å²) in [5, 5.41) is 2.94. The smallest absolute Gasteiger partial charge is 0.255 e. The van der Waals surface area contributed by atoms with Crippen molar-refractivity contribution in [3.05, 3.63) is 100 Å². The zero-order chi connectivity index (χ0) is 22.3. The summed E-state index contributed by atoms with van der Waals surface area (Å²) in [6, 6.07) is 25.2. The highest BCUT2D eigenvalue weighted by Crippen LogP contribution is 2.17. The zero-order valence-corrected chi connectivity index (χ0v) is 19.4. The number of hydrogen-bond donors (Lipinski definition) is 1. The van der Waals surface area contributed by atoms with Crippen LogP contribution in [0, 0.1) is 0 Å². The Bertz CT molecular complexity index is 1080. The van der Waals surface area contributed by atoms with Gasteiger partial charge in [0.2, 0.25) is 5.91 Å². The van der Waals surface area contributed by atoms with E-state index in [1.165, 1.54) is 0 Å². The molecule has 0 aliphatic carbocycles. The first-order valence-electron chi connectivity index (χ1n) is 10.8. The summed E-state index contributed by atoms with van der Waals surface area (Å²) in [4.78, 5) is 29.5. The molecule has 0 spiro atoms. The standard InChI is InChI=1S/C26H26BrN3O2/c27-23-10-5-11-24(18-23)28-26(32)22-9-4-8-21(16-22)19-29-12-14-30(15-13-29)25(31)17-20-6-2-1-3-7-20/h1-11,16,18H,12-15,17,19H2,(H,28,32). The summed E-state index contributed by atoms with van der Waals surface area (Å²) in [6.45, 7) is 3.88. The molecule has 0 radical (unpaired) electrons. The Hall–Kier alpha value is -2.96. The Labute approximate surface area is 197 Å². The van der Waals surface area contributed by atoms with Crippen LogP contribution in [0.15, 0.2) is 83.3 Å². The van der Waals surface area contributed by atoms with Crippen LogP contribution in [0.3, 0.4) is 0 Å². The quantitative estimate of drug-likeness (QED) is 0.548. The van der Waals surface area contributed by atoms with Crippen molar-refractivity contribution in [1.29, 1.82) is 0 Å². The molecule has 164 valence electrons. The molecule has 0 atom stereocenters. The van der Waals surface area contributed by atoms with Crippen LogP contribution in [0.2, 0.25) is 0 Å². The van der Waals surface area contributed by atoms with Crippen molar-refractivity contribution in [2.45, 2.75) is 13.0 Å². The fraction of sp³-hybridized carbons (Fsp3) is 0.231. The number of halogens is 1. The molecule has 0 unspecified atom stereocenters. The van der Waals surface area contributed by atoms with Crippen LogP contribution in [-0.2, 0) is 17.8 Å². The number of carbonyl (C=O) groups excluding carboxylic acids is 2. The van der Waals surface area contributed by atoms with E-state index in [9.17, 15) is 9.59 Å².